The molecule has 1 atom stereocenters. The van der Waals surface area contributed by atoms with Gasteiger partial charge in [0.1, 0.15) is 4.34 Å². The van der Waals surface area contributed by atoms with Crippen LogP contribution in [0, 0.1) is 5.92 Å². The molecule has 0 saturated heterocycles. The third kappa shape index (κ3) is 4.18. The van der Waals surface area contributed by atoms with Crippen molar-refractivity contribution in [1.29, 1.82) is 0 Å². The van der Waals surface area contributed by atoms with Gasteiger partial charge in [-0.2, -0.15) is 0 Å². The summed E-state index contributed by atoms with van der Waals surface area (Å²) in [6, 6.07) is 3.18. The fourth-order valence-electron chi connectivity index (χ4n) is 2.35. The summed E-state index contributed by atoms with van der Waals surface area (Å²) >= 11 is 11.3. The molecular weight excluding hydrogens is 344 g/mol. The number of rotatable bonds is 7. The monoisotopic (exact) mass is 364 g/mol. The van der Waals surface area contributed by atoms with Crippen molar-refractivity contribution in [2.75, 3.05) is 13.1 Å². The van der Waals surface area contributed by atoms with E-state index in [0.29, 0.717) is 12.6 Å². The first-order valence-corrected chi connectivity index (χ1v) is 8.92. The van der Waals surface area contributed by atoms with E-state index in [-0.39, 0.29) is 0 Å². The lowest BCUT2D eigenvalue weighted by Gasteiger charge is -2.31. The molecule has 1 aromatic heterocycles. The van der Waals surface area contributed by atoms with Crippen LogP contribution in [-0.2, 0) is 0 Å². The summed E-state index contributed by atoms with van der Waals surface area (Å²) in [5, 5.41) is 0. The van der Waals surface area contributed by atoms with Gasteiger partial charge in [-0.3, -0.25) is 4.90 Å². The lowest BCUT2D eigenvalue weighted by Crippen LogP contribution is -2.36. The lowest BCUT2D eigenvalue weighted by molar-refractivity contribution is 0.183. The highest BCUT2D eigenvalue weighted by molar-refractivity contribution is 9.10. The highest BCUT2D eigenvalue weighted by atomic mass is 79.9. The largest absolute Gasteiger partial charge is 0.329 e. The summed E-state index contributed by atoms with van der Waals surface area (Å²) in [4.78, 5) is 3.88. The van der Waals surface area contributed by atoms with Gasteiger partial charge in [-0.25, -0.2) is 0 Å². The van der Waals surface area contributed by atoms with Crippen LogP contribution in [0.1, 0.15) is 44.0 Å². The second-order valence-corrected chi connectivity index (χ2v) is 8.21. The van der Waals surface area contributed by atoms with Gasteiger partial charge in [0, 0.05) is 21.9 Å². The van der Waals surface area contributed by atoms with Crippen molar-refractivity contribution >= 4 is 38.9 Å². The van der Waals surface area contributed by atoms with Gasteiger partial charge in [0.25, 0.3) is 0 Å². The third-order valence-electron chi connectivity index (χ3n) is 3.60. The molecule has 0 amide bonds. The molecule has 1 aromatic rings. The van der Waals surface area contributed by atoms with E-state index in [0.717, 1.165) is 27.3 Å². The molecule has 2 nitrogen and oxygen atoms in total. The van der Waals surface area contributed by atoms with Crippen LogP contribution in [0.15, 0.2) is 10.5 Å². The normalized spacial score (nSPS) is 17.4. The molecule has 19 heavy (non-hydrogen) atoms. The Morgan fingerprint density at radius 2 is 2.21 bits per heavy atom. The Bertz CT molecular complexity index is 398. The molecule has 0 bridgehead atoms. The molecule has 1 unspecified atom stereocenters. The minimum Gasteiger partial charge on any atom is -0.329 e. The van der Waals surface area contributed by atoms with E-state index in [1.807, 2.05) is 0 Å². The van der Waals surface area contributed by atoms with Crippen LogP contribution >= 0.6 is 38.9 Å². The van der Waals surface area contributed by atoms with Crippen LogP contribution < -0.4 is 5.73 Å². The van der Waals surface area contributed by atoms with Crippen LogP contribution in [0.3, 0.4) is 0 Å². The van der Waals surface area contributed by atoms with E-state index < -0.39 is 0 Å². The van der Waals surface area contributed by atoms with Gasteiger partial charge in [0.05, 0.1) is 6.04 Å². The molecule has 1 aliphatic carbocycles. The van der Waals surface area contributed by atoms with Gasteiger partial charge in [-0.15, -0.1) is 11.3 Å². The lowest BCUT2D eigenvalue weighted by atomic mass is 10.1. The Labute approximate surface area is 133 Å². The van der Waals surface area contributed by atoms with Gasteiger partial charge in [0.2, 0.25) is 0 Å². The molecule has 2 rings (SSSR count). The number of hydrogen-bond acceptors (Lipinski definition) is 3. The summed E-state index contributed by atoms with van der Waals surface area (Å²) in [5.41, 5.74) is 6.04. The Hall–Kier alpha value is 0.390. The molecule has 1 saturated carbocycles. The van der Waals surface area contributed by atoms with Gasteiger partial charge in [-0.1, -0.05) is 25.4 Å². The first kappa shape index (κ1) is 15.8. The standard InChI is InChI=1S/C14H22BrClN2S/c1-9(2)5-6-18(10-3-4-10)12(8-17)13-7-11(15)14(16)19-13/h7,9-10,12H,3-6,8,17H2,1-2H3. The SMILES string of the molecule is CC(C)CCN(C1CC1)C(CN)c1cc(Br)c(Cl)s1. The molecule has 0 radical (unpaired) electrons. The molecule has 1 heterocycles. The average Bonchev–Trinajstić information content (AvgIpc) is 3.12. The summed E-state index contributed by atoms with van der Waals surface area (Å²) in [5.74, 6) is 0.735. The topological polar surface area (TPSA) is 29.3 Å². The quantitative estimate of drug-likeness (QED) is 0.760. The van der Waals surface area contributed by atoms with E-state index >= 15 is 0 Å². The van der Waals surface area contributed by atoms with Gasteiger partial charge < -0.3 is 5.73 Å². The zero-order valence-electron chi connectivity index (χ0n) is 11.5. The van der Waals surface area contributed by atoms with Gasteiger partial charge in [-0.05, 0) is 53.7 Å². The molecule has 1 aliphatic rings. The minimum atomic E-state index is 0.319. The van der Waals surface area contributed by atoms with Gasteiger partial charge in [0.15, 0.2) is 0 Å². The van der Waals surface area contributed by atoms with Crippen molar-refractivity contribution in [2.45, 2.75) is 45.2 Å². The number of nitrogens with zero attached hydrogens (tertiary/aromatic N) is 1. The molecule has 2 N–H and O–H groups in total. The second-order valence-electron chi connectivity index (χ2n) is 5.67. The Morgan fingerprint density at radius 3 is 2.63 bits per heavy atom. The minimum absolute atomic E-state index is 0.319. The number of nitrogens with two attached hydrogens (primary N) is 1. The van der Waals surface area contributed by atoms with Crippen LogP contribution in [0.2, 0.25) is 4.34 Å². The predicted octanol–water partition coefficient (Wildman–Crippen LogP) is 4.67. The maximum Gasteiger partial charge on any atom is 0.107 e. The third-order valence-corrected chi connectivity index (χ3v) is 6.17. The highest BCUT2D eigenvalue weighted by Gasteiger charge is 2.34. The molecule has 108 valence electrons. The summed E-state index contributed by atoms with van der Waals surface area (Å²) in [6.07, 6.45) is 3.86. The molecule has 5 heteroatoms. The van der Waals surface area contributed by atoms with Crippen LogP contribution in [-0.4, -0.2) is 24.0 Å². The molecule has 0 spiro atoms. The molecule has 1 fully saturated rings. The number of halogens is 2. The van der Waals surface area contributed by atoms with E-state index in [2.05, 4.69) is 40.7 Å². The maximum absolute atomic E-state index is 6.17. The summed E-state index contributed by atoms with van der Waals surface area (Å²) in [6.45, 7) is 6.36. The Morgan fingerprint density at radius 1 is 1.53 bits per heavy atom. The molecule has 0 aliphatic heterocycles. The van der Waals surface area contributed by atoms with Crippen molar-refractivity contribution in [2.24, 2.45) is 11.7 Å². The zero-order chi connectivity index (χ0) is 14.0. The van der Waals surface area contributed by atoms with Crippen molar-refractivity contribution < 1.29 is 0 Å². The number of thiophene rings is 1. The molecular formula is C14H22BrClN2S. The predicted molar refractivity (Wildman–Crippen MR) is 88.0 cm³/mol. The van der Waals surface area contributed by atoms with Crippen LogP contribution in [0.5, 0.6) is 0 Å². The van der Waals surface area contributed by atoms with Gasteiger partial charge >= 0.3 is 0 Å². The first-order chi connectivity index (χ1) is 9.02. The molecule has 0 aromatic carbocycles. The van der Waals surface area contributed by atoms with Crippen molar-refractivity contribution in [1.82, 2.24) is 4.90 Å². The average molecular weight is 366 g/mol. The first-order valence-electron chi connectivity index (χ1n) is 6.93. The van der Waals surface area contributed by atoms with Crippen molar-refractivity contribution in [3.05, 3.63) is 19.8 Å². The van der Waals surface area contributed by atoms with E-state index in [1.165, 1.54) is 24.1 Å². The van der Waals surface area contributed by atoms with Crippen molar-refractivity contribution in [3.63, 3.8) is 0 Å². The van der Waals surface area contributed by atoms with Crippen LogP contribution in [0.4, 0.5) is 0 Å². The maximum atomic E-state index is 6.17. The zero-order valence-corrected chi connectivity index (χ0v) is 14.7. The Kier molecular flexibility index (Phi) is 5.73. The van der Waals surface area contributed by atoms with Crippen LogP contribution in [0.25, 0.3) is 0 Å². The fourth-order valence-corrected chi connectivity index (χ4v) is 4.22. The number of hydrogen-bond donors (Lipinski definition) is 1. The second kappa shape index (κ2) is 6.90. The smallest absolute Gasteiger partial charge is 0.107 e. The van der Waals surface area contributed by atoms with E-state index in [1.54, 1.807) is 11.3 Å². The van der Waals surface area contributed by atoms with Crippen molar-refractivity contribution in [3.8, 4) is 0 Å². The highest BCUT2D eigenvalue weighted by Crippen LogP contribution is 2.40. The summed E-state index contributed by atoms with van der Waals surface area (Å²) < 4.78 is 1.82. The Balaban J connectivity index is 2.12. The summed E-state index contributed by atoms with van der Waals surface area (Å²) in [7, 11) is 0. The fraction of sp³-hybridized carbons (Fsp3) is 0.714. The van der Waals surface area contributed by atoms with E-state index in [9.17, 15) is 0 Å². The van der Waals surface area contributed by atoms with E-state index in [4.69, 9.17) is 17.3 Å².